The van der Waals surface area contributed by atoms with Crippen molar-refractivity contribution in [2.45, 2.75) is 6.92 Å². The topological polar surface area (TPSA) is 106 Å². The van der Waals surface area contributed by atoms with Gasteiger partial charge in [-0.3, -0.25) is 9.69 Å². The number of amidine groups is 1. The number of methoxy groups -OCH3 is 1. The molecular weight excluding hydrogens is 500 g/mol. The second-order valence-electron chi connectivity index (χ2n) is 6.46. The lowest BCUT2D eigenvalue weighted by atomic mass is 10.2. The Morgan fingerprint density at radius 2 is 2.03 bits per heavy atom. The number of benzene rings is 2. The molecule has 1 saturated heterocycles. The monoisotopic (exact) mass is 518 g/mol. The normalized spacial score (nSPS) is 16.0. The van der Waals surface area contributed by atoms with Gasteiger partial charge >= 0.3 is 11.9 Å². The SMILES string of the molecule is CCN1C(=O)/C(=C\c2ccc(OCC(=O)OC)c(Br)c2)SC1=Nc1cccc(C(=O)O)c1. The summed E-state index contributed by atoms with van der Waals surface area (Å²) in [5, 5.41) is 9.64. The molecule has 2 aromatic carbocycles. The molecule has 1 heterocycles. The number of aromatic carboxylic acids is 1. The number of carboxylic acids is 1. The molecule has 166 valence electrons. The van der Waals surface area contributed by atoms with Crippen molar-refractivity contribution in [3.8, 4) is 5.75 Å². The van der Waals surface area contributed by atoms with Crippen LogP contribution in [0.15, 0.2) is 56.8 Å². The van der Waals surface area contributed by atoms with E-state index < -0.39 is 11.9 Å². The first kappa shape index (κ1) is 23.6. The van der Waals surface area contributed by atoms with E-state index in [9.17, 15) is 14.4 Å². The maximum absolute atomic E-state index is 12.9. The number of rotatable bonds is 7. The molecule has 1 N–H and O–H groups in total. The van der Waals surface area contributed by atoms with Crippen molar-refractivity contribution in [3.05, 3.63) is 63.0 Å². The zero-order valence-corrected chi connectivity index (χ0v) is 19.6. The molecular formula is C22H19BrN2O6S. The average molecular weight is 519 g/mol. The summed E-state index contributed by atoms with van der Waals surface area (Å²) in [4.78, 5) is 41.8. The van der Waals surface area contributed by atoms with E-state index in [1.807, 2.05) is 6.92 Å². The first-order valence-corrected chi connectivity index (χ1v) is 11.1. The van der Waals surface area contributed by atoms with Gasteiger partial charge in [0, 0.05) is 6.54 Å². The number of likely N-dealkylation sites (N-methyl/N-ethyl adjacent to an activating group) is 1. The summed E-state index contributed by atoms with van der Waals surface area (Å²) in [6.07, 6.45) is 1.74. The molecule has 0 spiro atoms. The minimum atomic E-state index is -1.04. The molecule has 0 bridgehead atoms. The molecule has 10 heteroatoms. The summed E-state index contributed by atoms with van der Waals surface area (Å²) in [5.41, 5.74) is 1.33. The summed E-state index contributed by atoms with van der Waals surface area (Å²) in [5.74, 6) is -1.25. The van der Waals surface area contributed by atoms with Crippen LogP contribution in [0.1, 0.15) is 22.8 Å². The zero-order chi connectivity index (χ0) is 23.3. The third-order valence-corrected chi connectivity index (χ3v) is 5.98. The van der Waals surface area contributed by atoms with E-state index in [0.717, 1.165) is 5.56 Å². The summed E-state index contributed by atoms with van der Waals surface area (Å²) in [6, 6.07) is 11.5. The van der Waals surface area contributed by atoms with Gasteiger partial charge in [-0.15, -0.1) is 0 Å². The highest BCUT2D eigenvalue weighted by Gasteiger charge is 2.32. The van der Waals surface area contributed by atoms with Crippen LogP contribution < -0.4 is 4.74 Å². The molecule has 1 amide bonds. The third-order valence-electron chi connectivity index (χ3n) is 4.35. The van der Waals surface area contributed by atoms with E-state index >= 15 is 0 Å². The van der Waals surface area contributed by atoms with Crippen LogP contribution in [0.4, 0.5) is 5.69 Å². The fraction of sp³-hybridized carbons (Fsp3) is 0.182. The van der Waals surface area contributed by atoms with Gasteiger partial charge in [0.15, 0.2) is 11.8 Å². The Bertz CT molecular complexity index is 1130. The molecule has 0 saturated carbocycles. The molecule has 32 heavy (non-hydrogen) atoms. The number of halogens is 1. The zero-order valence-electron chi connectivity index (χ0n) is 17.2. The van der Waals surface area contributed by atoms with Gasteiger partial charge in [0.25, 0.3) is 5.91 Å². The highest BCUT2D eigenvalue weighted by atomic mass is 79.9. The van der Waals surface area contributed by atoms with Gasteiger partial charge in [-0.1, -0.05) is 12.1 Å². The Balaban J connectivity index is 1.84. The second kappa shape index (κ2) is 10.5. The molecule has 0 aliphatic carbocycles. The molecule has 0 radical (unpaired) electrons. The number of carbonyl (C=O) groups is 3. The van der Waals surface area contributed by atoms with Crippen molar-refractivity contribution in [2.24, 2.45) is 4.99 Å². The molecule has 1 aliphatic heterocycles. The smallest absolute Gasteiger partial charge is 0.343 e. The molecule has 0 atom stereocenters. The Morgan fingerprint density at radius 1 is 1.25 bits per heavy atom. The van der Waals surface area contributed by atoms with Crippen molar-refractivity contribution in [1.29, 1.82) is 0 Å². The van der Waals surface area contributed by atoms with Gasteiger partial charge in [0.2, 0.25) is 0 Å². The van der Waals surface area contributed by atoms with Gasteiger partial charge in [-0.2, -0.15) is 0 Å². The van der Waals surface area contributed by atoms with E-state index in [4.69, 9.17) is 9.84 Å². The van der Waals surface area contributed by atoms with Crippen molar-refractivity contribution in [2.75, 3.05) is 20.3 Å². The number of amides is 1. The van der Waals surface area contributed by atoms with Gasteiger partial charge in [-0.05, 0) is 76.6 Å². The van der Waals surface area contributed by atoms with E-state index in [2.05, 4.69) is 25.7 Å². The maximum Gasteiger partial charge on any atom is 0.343 e. The summed E-state index contributed by atoms with van der Waals surface area (Å²) in [6.45, 7) is 2.05. The van der Waals surface area contributed by atoms with Crippen LogP contribution in [-0.4, -0.2) is 53.3 Å². The van der Waals surface area contributed by atoms with Crippen LogP contribution in [0.25, 0.3) is 6.08 Å². The number of aliphatic imine (C=N–C) groups is 1. The summed E-state index contributed by atoms with van der Waals surface area (Å²) >= 11 is 4.62. The number of ether oxygens (including phenoxy) is 2. The average Bonchev–Trinajstić information content (AvgIpc) is 3.06. The lowest BCUT2D eigenvalue weighted by Gasteiger charge is -2.12. The van der Waals surface area contributed by atoms with E-state index in [1.54, 1.807) is 36.4 Å². The van der Waals surface area contributed by atoms with Crippen molar-refractivity contribution < 1.29 is 29.0 Å². The van der Waals surface area contributed by atoms with E-state index in [-0.39, 0.29) is 18.1 Å². The van der Waals surface area contributed by atoms with Crippen molar-refractivity contribution >= 4 is 62.5 Å². The second-order valence-corrected chi connectivity index (χ2v) is 8.33. The third kappa shape index (κ3) is 5.57. The maximum atomic E-state index is 12.9. The quantitative estimate of drug-likeness (QED) is 0.429. The molecule has 0 aromatic heterocycles. The Morgan fingerprint density at radius 3 is 2.69 bits per heavy atom. The van der Waals surface area contributed by atoms with Gasteiger partial charge in [0.1, 0.15) is 5.75 Å². The number of esters is 1. The number of thioether (sulfide) groups is 1. The minimum absolute atomic E-state index is 0.124. The lowest BCUT2D eigenvalue weighted by molar-refractivity contribution is -0.142. The first-order chi connectivity index (χ1) is 15.3. The number of carboxylic acid groups (broad SMARTS) is 1. The lowest BCUT2D eigenvalue weighted by Crippen LogP contribution is -2.28. The predicted octanol–water partition coefficient (Wildman–Crippen LogP) is 4.32. The number of carbonyl (C=O) groups excluding carboxylic acids is 2. The molecule has 1 fully saturated rings. The van der Waals surface area contributed by atoms with Gasteiger partial charge in [0.05, 0.1) is 27.7 Å². The Hall–Kier alpha value is -3.11. The fourth-order valence-electron chi connectivity index (χ4n) is 2.76. The standard InChI is InChI=1S/C22H19BrN2O6S/c1-3-25-20(27)18(32-22(25)24-15-6-4-5-14(11-15)21(28)29)10-13-7-8-17(16(23)9-13)31-12-19(26)30-2/h4-11H,3,12H2,1-2H3,(H,28,29)/b18-10+,24-22?. The highest BCUT2D eigenvalue weighted by Crippen LogP contribution is 2.35. The van der Waals surface area contributed by atoms with Crippen molar-refractivity contribution in [1.82, 2.24) is 4.90 Å². The minimum Gasteiger partial charge on any atom is -0.481 e. The number of nitrogens with zero attached hydrogens (tertiary/aromatic N) is 2. The van der Waals surface area contributed by atoms with Crippen LogP contribution in [0.5, 0.6) is 5.75 Å². The Kier molecular flexibility index (Phi) is 7.70. The molecule has 1 aliphatic rings. The van der Waals surface area contributed by atoms with Gasteiger partial charge in [-0.25, -0.2) is 14.6 Å². The molecule has 8 nitrogen and oxygen atoms in total. The summed E-state index contributed by atoms with van der Waals surface area (Å²) in [7, 11) is 1.28. The van der Waals surface area contributed by atoms with E-state index in [1.165, 1.54) is 35.9 Å². The molecule has 0 unspecified atom stereocenters. The molecule has 3 rings (SSSR count). The first-order valence-electron chi connectivity index (χ1n) is 9.45. The van der Waals surface area contributed by atoms with Crippen LogP contribution in [0, 0.1) is 0 Å². The van der Waals surface area contributed by atoms with Crippen LogP contribution in [0.3, 0.4) is 0 Å². The molecule has 2 aromatic rings. The Labute approximate surface area is 197 Å². The fourth-order valence-corrected chi connectivity index (χ4v) is 4.33. The van der Waals surface area contributed by atoms with E-state index in [0.29, 0.717) is 32.5 Å². The highest BCUT2D eigenvalue weighted by molar-refractivity contribution is 9.10. The largest absolute Gasteiger partial charge is 0.481 e. The van der Waals surface area contributed by atoms with Crippen LogP contribution in [0.2, 0.25) is 0 Å². The van der Waals surface area contributed by atoms with Crippen molar-refractivity contribution in [3.63, 3.8) is 0 Å². The number of hydrogen-bond acceptors (Lipinski definition) is 7. The predicted molar refractivity (Wildman–Crippen MR) is 125 cm³/mol. The summed E-state index contributed by atoms with van der Waals surface area (Å²) < 4.78 is 10.6. The number of hydrogen-bond donors (Lipinski definition) is 1. The van der Waals surface area contributed by atoms with Crippen LogP contribution >= 0.6 is 27.7 Å². The van der Waals surface area contributed by atoms with Crippen LogP contribution in [-0.2, 0) is 14.3 Å². The van der Waals surface area contributed by atoms with Gasteiger partial charge < -0.3 is 14.6 Å².